The van der Waals surface area contributed by atoms with Crippen molar-refractivity contribution in [3.05, 3.63) is 52.0 Å². The van der Waals surface area contributed by atoms with E-state index in [1.807, 2.05) is 26.1 Å². The summed E-state index contributed by atoms with van der Waals surface area (Å²) in [6.07, 6.45) is 3.57. The van der Waals surface area contributed by atoms with E-state index in [-0.39, 0.29) is 0 Å². The van der Waals surface area contributed by atoms with Gasteiger partial charge in [-0.25, -0.2) is 8.42 Å². The molecule has 2 aromatic rings. The lowest BCUT2D eigenvalue weighted by Gasteiger charge is -2.29. The molecule has 0 unspecified atom stereocenters. The third kappa shape index (κ3) is 3.43. The zero-order valence-electron chi connectivity index (χ0n) is 15.8. The molecule has 0 radical (unpaired) electrons. The molecule has 27 heavy (non-hydrogen) atoms. The summed E-state index contributed by atoms with van der Waals surface area (Å²) in [7, 11) is -1.27. The van der Waals surface area contributed by atoms with Gasteiger partial charge in [-0.05, 0) is 73.2 Å². The molecule has 0 N–H and O–H groups in total. The summed E-state index contributed by atoms with van der Waals surface area (Å²) in [6.45, 7) is 3.12. The van der Waals surface area contributed by atoms with Crippen molar-refractivity contribution in [1.82, 2.24) is 0 Å². The van der Waals surface area contributed by atoms with Gasteiger partial charge in [-0.2, -0.15) is 0 Å². The lowest BCUT2D eigenvalue weighted by molar-refractivity contribution is 0.597. The van der Waals surface area contributed by atoms with Gasteiger partial charge in [0.15, 0.2) is 0 Å². The topological polar surface area (TPSA) is 43.9 Å². The van der Waals surface area contributed by atoms with Crippen LogP contribution in [-0.4, -0.2) is 28.3 Å². The maximum absolute atomic E-state index is 12.4. The first-order valence-electron chi connectivity index (χ1n) is 9.21. The molecule has 1 aliphatic carbocycles. The molecule has 0 spiro atoms. The van der Waals surface area contributed by atoms with Gasteiger partial charge in [-0.3, -0.25) is 14.3 Å². The molecule has 0 aromatic heterocycles. The smallest absolute Gasteiger partial charge is 0.232 e. The molecule has 7 heteroatoms. The molecule has 0 amide bonds. The Morgan fingerprint density at radius 1 is 1.19 bits per heavy atom. The standard InChI is InChI=1S/C20H24BrN3O2S/c1-4-24(27(3,25)26)20-12-19-15(11-18(20)14-5-6-14)13-23(22(19)2)17-9-7-16(21)8-10-17/h7-12,14H,4-6,13H2,1-3H3. The van der Waals surface area contributed by atoms with E-state index in [2.05, 4.69) is 50.2 Å². The number of sulfonamides is 1. The number of rotatable bonds is 5. The number of benzene rings is 2. The zero-order chi connectivity index (χ0) is 19.3. The maximum atomic E-state index is 12.4. The minimum atomic E-state index is -3.31. The highest BCUT2D eigenvalue weighted by Crippen LogP contribution is 2.48. The van der Waals surface area contributed by atoms with Crippen molar-refractivity contribution in [3.63, 3.8) is 0 Å². The third-order valence-corrected chi connectivity index (χ3v) is 7.14. The van der Waals surface area contributed by atoms with Crippen molar-refractivity contribution in [3.8, 4) is 0 Å². The van der Waals surface area contributed by atoms with Crippen LogP contribution in [-0.2, 0) is 16.6 Å². The van der Waals surface area contributed by atoms with Gasteiger partial charge in [-0.1, -0.05) is 15.9 Å². The molecule has 0 saturated heterocycles. The average Bonchev–Trinajstić information content (AvgIpc) is 3.40. The number of fused-ring (bicyclic) bond motifs is 1. The molecule has 4 rings (SSSR count). The summed E-state index contributed by atoms with van der Waals surface area (Å²) in [6, 6.07) is 12.5. The summed E-state index contributed by atoms with van der Waals surface area (Å²) in [5, 5.41) is 4.34. The largest absolute Gasteiger partial charge is 0.288 e. The first kappa shape index (κ1) is 18.6. The van der Waals surface area contributed by atoms with E-state index in [9.17, 15) is 8.42 Å². The van der Waals surface area contributed by atoms with E-state index in [0.717, 1.165) is 40.9 Å². The number of nitrogens with zero attached hydrogens (tertiary/aromatic N) is 3. The average molecular weight is 450 g/mol. The summed E-state index contributed by atoms with van der Waals surface area (Å²) in [5.41, 5.74) is 5.44. The Balaban J connectivity index is 1.78. The Morgan fingerprint density at radius 3 is 2.41 bits per heavy atom. The molecular weight excluding hydrogens is 426 g/mol. The van der Waals surface area contributed by atoms with Crippen LogP contribution in [0.3, 0.4) is 0 Å². The Kier molecular flexibility index (Phi) is 4.63. The SMILES string of the molecule is CCN(c1cc2c(cc1C1CC1)CN(c1ccc(Br)cc1)N2C)S(C)(=O)=O. The number of hydrogen-bond acceptors (Lipinski definition) is 4. The Morgan fingerprint density at radius 2 is 1.85 bits per heavy atom. The Labute approximate surface area is 169 Å². The molecule has 0 bridgehead atoms. The van der Waals surface area contributed by atoms with E-state index in [1.165, 1.54) is 21.7 Å². The monoisotopic (exact) mass is 449 g/mol. The predicted molar refractivity (Wildman–Crippen MR) is 115 cm³/mol. The first-order valence-corrected chi connectivity index (χ1v) is 11.8. The first-order chi connectivity index (χ1) is 12.8. The summed E-state index contributed by atoms with van der Waals surface area (Å²) < 4.78 is 27.3. The van der Waals surface area contributed by atoms with E-state index >= 15 is 0 Å². The Bertz CT molecular complexity index is 971. The number of hydrazine groups is 1. The second-order valence-electron chi connectivity index (χ2n) is 7.30. The normalized spacial score (nSPS) is 16.6. The highest BCUT2D eigenvalue weighted by Gasteiger charge is 2.34. The van der Waals surface area contributed by atoms with Gasteiger partial charge in [0.2, 0.25) is 10.0 Å². The highest BCUT2D eigenvalue weighted by molar-refractivity contribution is 9.10. The van der Waals surface area contributed by atoms with Crippen LogP contribution in [0.25, 0.3) is 0 Å². The minimum absolute atomic E-state index is 0.442. The summed E-state index contributed by atoms with van der Waals surface area (Å²) in [4.78, 5) is 0. The van der Waals surface area contributed by atoms with Gasteiger partial charge in [0.1, 0.15) is 0 Å². The van der Waals surface area contributed by atoms with Crippen LogP contribution >= 0.6 is 15.9 Å². The van der Waals surface area contributed by atoms with Crippen molar-refractivity contribution >= 4 is 43.0 Å². The van der Waals surface area contributed by atoms with Crippen LogP contribution < -0.4 is 14.3 Å². The second-order valence-corrected chi connectivity index (χ2v) is 10.1. The molecule has 1 aliphatic heterocycles. The van der Waals surface area contributed by atoms with Crippen LogP contribution in [0.5, 0.6) is 0 Å². The van der Waals surface area contributed by atoms with E-state index in [4.69, 9.17) is 0 Å². The summed E-state index contributed by atoms with van der Waals surface area (Å²) >= 11 is 3.49. The minimum Gasteiger partial charge on any atom is -0.288 e. The third-order valence-electron chi connectivity index (χ3n) is 5.36. The lowest BCUT2D eigenvalue weighted by Crippen LogP contribution is -2.34. The fourth-order valence-corrected chi connectivity index (χ4v) is 5.11. The molecule has 2 aliphatic rings. The Hall–Kier alpha value is -1.73. The fraction of sp³-hybridized carbons (Fsp3) is 0.400. The highest BCUT2D eigenvalue weighted by atomic mass is 79.9. The molecular formula is C20H24BrN3O2S. The van der Waals surface area contributed by atoms with Gasteiger partial charge in [0.05, 0.1) is 29.9 Å². The van der Waals surface area contributed by atoms with Crippen molar-refractivity contribution in [2.24, 2.45) is 0 Å². The molecule has 1 heterocycles. The van der Waals surface area contributed by atoms with Crippen molar-refractivity contribution < 1.29 is 8.42 Å². The van der Waals surface area contributed by atoms with Gasteiger partial charge in [0, 0.05) is 18.1 Å². The quantitative estimate of drug-likeness (QED) is 0.674. The molecule has 1 fully saturated rings. The van der Waals surface area contributed by atoms with Crippen LogP contribution in [0, 0.1) is 0 Å². The lowest BCUT2D eigenvalue weighted by atomic mass is 10.0. The fourth-order valence-electron chi connectivity index (χ4n) is 3.86. The zero-order valence-corrected chi connectivity index (χ0v) is 18.2. The maximum Gasteiger partial charge on any atom is 0.232 e. The van der Waals surface area contributed by atoms with E-state index < -0.39 is 10.0 Å². The van der Waals surface area contributed by atoms with Crippen LogP contribution in [0.1, 0.15) is 36.8 Å². The van der Waals surface area contributed by atoms with E-state index in [0.29, 0.717) is 12.5 Å². The van der Waals surface area contributed by atoms with E-state index in [1.54, 1.807) is 0 Å². The van der Waals surface area contributed by atoms with Gasteiger partial charge < -0.3 is 0 Å². The second kappa shape index (κ2) is 6.71. The molecule has 0 atom stereocenters. The van der Waals surface area contributed by atoms with Gasteiger partial charge in [-0.15, -0.1) is 0 Å². The van der Waals surface area contributed by atoms with Crippen LogP contribution in [0.4, 0.5) is 17.1 Å². The van der Waals surface area contributed by atoms with Crippen molar-refractivity contribution in [2.45, 2.75) is 32.2 Å². The summed E-state index contributed by atoms with van der Waals surface area (Å²) in [5.74, 6) is 0.480. The van der Waals surface area contributed by atoms with Gasteiger partial charge >= 0.3 is 0 Å². The number of anilines is 3. The molecule has 2 aromatic carbocycles. The van der Waals surface area contributed by atoms with Crippen LogP contribution in [0.2, 0.25) is 0 Å². The van der Waals surface area contributed by atoms with Crippen molar-refractivity contribution in [2.75, 3.05) is 34.2 Å². The van der Waals surface area contributed by atoms with Crippen molar-refractivity contribution in [1.29, 1.82) is 0 Å². The molecule has 1 saturated carbocycles. The number of hydrogen-bond donors (Lipinski definition) is 0. The molecule has 5 nitrogen and oxygen atoms in total. The predicted octanol–water partition coefficient (Wildman–Crippen LogP) is 4.48. The molecule has 144 valence electrons. The number of halogens is 1. The van der Waals surface area contributed by atoms with Gasteiger partial charge in [0.25, 0.3) is 0 Å². The van der Waals surface area contributed by atoms with Crippen LogP contribution in [0.15, 0.2) is 40.9 Å².